The lowest BCUT2D eigenvalue weighted by Crippen LogP contribution is -2.28. The third-order valence-corrected chi connectivity index (χ3v) is 2.66. The van der Waals surface area contributed by atoms with Crippen molar-refractivity contribution in [2.75, 3.05) is 6.54 Å². The second kappa shape index (κ2) is 6.35. The van der Waals surface area contributed by atoms with E-state index >= 15 is 0 Å². The number of halogens is 1. The average Bonchev–Trinajstić information content (AvgIpc) is 2.27. The van der Waals surface area contributed by atoms with Gasteiger partial charge in [-0.2, -0.15) is 0 Å². The van der Waals surface area contributed by atoms with Crippen molar-refractivity contribution in [2.24, 2.45) is 5.73 Å². The highest BCUT2D eigenvalue weighted by molar-refractivity contribution is 5.74. The van der Waals surface area contributed by atoms with E-state index in [9.17, 15) is 9.18 Å². The maximum Gasteiger partial charge on any atom is 0.219 e. The van der Waals surface area contributed by atoms with Crippen LogP contribution in [0.2, 0.25) is 0 Å². The number of primary amides is 1. The Labute approximate surface area is 101 Å². The van der Waals surface area contributed by atoms with E-state index in [1.54, 1.807) is 6.07 Å². The molecule has 3 N–H and O–H groups in total. The number of carbonyl (C=O) groups excluding carboxylic acids is 1. The lowest BCUT2D eigenvalue weighted by Gasteiger charge is -2.19. The SMILES string of the molecule is CCCNC(CC(N)=O)c1cc(F)ccc1C. The molecule has 0 heterocycles. The standard InChI is InChI=1S/C13H19FN2O/c1-3-6-16-12(8-13(15)17)11-7-10(14)5-4-9(11)2/h4-5,7,12,16H,3,6,8H2,1-2H3,(H2,15,17). The third kappa shape index (κ3) is 4.15. The molecule has 0 spiro atoms. The summed E-state index contributed by atoms with van der Waals surface area (Å²) in [6.07, 6.45) is 1.13. The summed E-state index contributed by atoms with van der Waals surface area (Å²) >= 11 is 0. The first-order chi connectivity index (χ1) is 8.04. The summed E-state index contributed by atoms with van der Waals surface area (Å²) in [5, 5.41) is 3.22. The number of amides is 1. The highest BCUT2D eigenvalue weighted by atomic mass is 19.1. The Morgan fingerprint density at radius 3 is 2.82 bits per heavy atom. The smallest absolute Gasteiger partial charge is 0.219 e. The Balaban J connectivity index is 2.93. The molecule has 0 radical (unpaired) electrons. The molecule has 0 aliphatic heterocycles. The first-order valence-electron chi connectivity index (χ1n) is 5.82. The minimum Gasteiger partial charge on any atom is -0.370 e. The molecule has 0 saturated carbocycles. The van der Waals surface area contributed by atoms with Crippen molar-refractivity contribution in [3.05, 3.63) is 35.1 Å². The van der Waals surface area contributed by atoms with E-state index in [-0.39, 0.29) is 24.2 Å². The molecule has 0 saturated heterocycles. The average molecular weight is 238 g/mol. The molecule has 94 valence electrons. The van der Waals surface area contributed by atoms with Gasteiger partial charge in [-0.25, -0.2) is 4.39 Å². The van der Waals surface area contributed by atoms with Crippen LogP contribution < -0.4 is 11.1 Å². The van der Waals surface area contributed by atoms with Crippen LogP contribution in [-0.2, 0) is 4.79 Å². The van der Waals surface area contributed by atoms with E-state index in [0.29, 0.717) is 0 Å². The van der Waals surface area contributed by atoms with E-state index in [1.165, 1.54) is 12.1 Å². The van der Waals surface area contributed by atoms with Crippen LogP contribution in [0.3, 0.4) is 0 Å². The molecule has 0 aromatic heterocycles. The fraction of sp³-hybridized carbons (Fsp3) is 0.462. The predicted molar refractivity (Wildman–Crippen MR) is 66.0 cm³/mol. The summed E-state index contributed by atoms with van der Waals surface area (Å²) in [7, 11) is 0. The Morgan fingerprint density at radius 1 is 1.53 bits per heavy atom. The lowest BCUT2D eigenvalue weighted by molar-refractivity contribution is -0.118. The molecule has 1 rings (SSSR count). The van der Waals surface area contributed by atoms with Crippen molar-refractivity contribution in [3.63, 3.8) is 0 Å². The monoisotopic (exact) mass is 238 g/mol. The van der Waals surface area contributed by atoms with Gasteiger partial charge >= 0.3 is 0 Å². The fourth-order valence-electron chi connectivity index (χ4n) is 1.80. The molecule has 0 aliphatic carbocycles. The van der Waals surface area contributed by atoms with Crippen LogP contribution in [0, 0.1) is 12.7 Å². The summed E-state index contributed by atoms with van der Waals surface area (Å²) in [6, 6.07) is 4.39. The van der Waals surface area contributed by atoms with E-state index in [1.807, 2.05) is 13.8 Å². The van der Waals surface area contributed by atoms with Crippen molar-refractivity contribution in [1.29, 1.82) is 0 Å². The van der Waals surface area contributed by atoms with Crippen LogP contribution in [0.25, 0.3) is 0 Å². The van der Waals surface area contributed by atoms with Crippen LogP contribution in [-0.4, -0.2) is 12.5 Å². The van der Waals surface area contributed by atoms with Crippen molar-refractivity contribution >= 4 is 5.91 Å². The molecule has 1 amide bonds. The maximum atomic E-state index is 13.2. The Kier molecular flexibility index (Phi) is 5.10. The Bertz CT molecular complexity index is 393. The number of benzene rings is 1. The van der Waals surface area contributed by atoms with Gasteiger partial charge in [0, 0.05) is 12.5 Å². The topological polar surface area (TPSA) is 55.1 Å². The van der Waals surface area contributed by atoms with Gasteiger partial charge in [-0.1, -0.05) is 13.0 Å². The van der Waals surface area contributed by atoms with Crippen molar-refractivity contribution < 1.29 is 9.18 Å². The van der Waals surface area contributed by atoms with Crippen LogP contribution >= 0.6 is 0 Å². The highest BCUT2D eigenvalue weighted by Gasteiger charge is 2.16. The van der Waals surface area contributed by atoms with Crippen LogP contribution in [0.15, 0.2) is 18.2 Å². The number of hydrogen-bond acceptors (Lipinski definition) is 2. The number of hydrogen-bond donors (Lipinski definition) is 2. The zero-order valence-electron chi connectivity index (χ0n) is 10.3. The molecule has 0 bridgehead atoms. The Hall–Kier alpha value is -1.42. The summed E-state index contributed by atoms with van der Waals surface area (Å²) in [5.74, 6) is -0.680. The van der Waals surface area contributed by atoms with Gasteiger partial charge < -0.3 is 11.1 Å². The largest absolute Gasteiger partial charge is 0.370 e. The third-order valence-electron chi connectivity index (χ3n) is 2.66. The van der Waals surface area contributed by atoms with Crippen molar-refractivity contribution in [2.45, 2.75) is 32.7 Å². The molecule has 17 heavy (non-hydrogen) atoms. The second-order valence-electron chi connectivity index (χ2n) is 4.18. The number of aryl methyl sites for hydroxylation is 1. The molecule has 1 aromatic rings. The van der Waals surface area contributed by atoms with E-state index in [4.69, 9.17) is 5.73 Å². The summed E-state index contributed by atoms with van der Waals surface area (Å²) in [5.41, 5.74) is 6.98. The summed E-state index contributed by atoms with van der Waals surface area (Å²) in [4.78, 5) is 11.0. The van der Waals surface area contributed by atoms with Crippen molar-refractivity contribution in [3.8, 4) is 0 Å². The number of carbonyl (C=O) groups is 1. The maximum absolute atomic E-state index is 13.2. The van der Waals surface area contributed by atoms with Gasteiger partial charge in [-0.05, 0) is 43.1 Å². The second-order valence-corrected chi connectivity index (χ2v) is 4.18. The molecule has 0 aliphatic rings. The molecule has 1 atom stereocenters. The highest BCUT2D eigenvalue weighted by Crippen LogP contribution is 2.21. The van der Waals surface area contributed by atoms with Gasteiger partial charge in [0.15, 0.2) is 0 Å². The Morgan fingerprint density at radius 2 is 2.24 bits per heavy atom. The number of nitrogens with two attached hydrogens (primary N) is 1. The van der Waals surface area contributed by atoms with Crippen LogP contribution in [0.4, 0.5) is 4.39 Å². The van der Waals surface area contributed by atoms with Crippen LogP contribution in [0.5, 0.6) is 0 Å². The fourth-order valence-corrected chi connectivity index (χ4v) is 1.80. The molecule has 3 nitrogen and oxygen atoms in total. The number of nitrogens with one attached hydrogen (secondary N) is 1. The summed E-state index contributed by atoms with van der Waals surface area (Å²) in [6.45, 7) is 4.71. The zero-order chi connectivity index (χ0) is 12.8. The van der Waals surface area contributed by atoms with Gasteiger partial charge in [0.1, 0.15) is 5.82 Å². The van der Waals surface area contributed by atoms with Crippen LogP contribution in [0.1, 0.15) is 36.9 Å². The first-order valence-corrected chi connectivity index (χ1v) is 5.82. The van der Waals surface area contributed by atoms with Gasteiger partial charge in [0.25, 0.3) is 0 Å². The quantitative estimate of drug-likeness (QED) is 0.797. The van der Waals surface area contributed by atoms with Gasteiger partial charge in [0.2, 0.25) is 5.91 Å². The zero-order valence-corrected chi connectivity index (χ0v) is 10.3. The molecule has 0 fully saturated rings. The van der Waals surface area contributed by atoms with Gasteiger partial charge in [-0.3, -0.25) is 4.79 Å². The van der Waals surface area contributed by atoms with E-state index in [2.05, 4.69) is 5.32 Å². The van der Waals surface area contributed by atoms with E-state index in [0.717, 1.165) is 24.1 Å². The van der Waals surface area contributed by atoms with Gasteiger partial charge in [0.05, 0.1) is 0 Å². The molecular formula is C13H19FN2O. The van der Waals surface area contributed by atoms with E-state index < -0.39 is 0 Å². The summed E-state index contributed by atoms with van der Waals surface area (Å²) < 4.78 is 13.2. The minimum atomic E-state index is -0.387. The molecule has 4 heteroatoms. The minimum absolute atomic E-state index is 0.185. The molecule has 1 unspecified atom stereocenters. The first kappa shape index (κ1) is 13.6. The van der Waals surface area contributed by atoms with Crippen molar-refractivity contribution in [1.82, 2.24) is 5.32 Å². The lowest BCUT2D eigenvalue weighted by atomic mass is 9.98. The predicted octanol–water partition coefficient (Wildman–Crippen LogP) is 2.05. The number of rotatable bonds is 6. The normalized spacial score (nSPS) is 12.4. The molecular weight excluding hydrogens is 219 g/mol. The van der Waals surface area contributed by atoms with Gasteiger partial charge in [-0.15, -0.1) is 0 Å². The molecule has 1 aromatic carbocycles.